The van der Waals surface area contributed by atoms with Gasteiger partial charge in [-0.15, -0.1) is 0 Å². The molecule has 0 aromatic heterocycles. The number of nitrogens with one attached hydrogen (secondary N) is 1. The van der Waals surface area contributed by atoms with Crippen LogP contribution in [0.25, 0.3) is 0 Å². The first-order valence-electron chi connectivity index (χ1n) is 5.31. The van der Waals surface area contributed by atoms with Crippen LogP contribution in [-0.2, 0) is 4.79 Å². The van der Waals surface area contributed by atoms with Gasteiger partial charge in [0.05, 0.1) is 0 Å². The van der Waals surface area contributed by atoms with Crippen LogP contribution in [0.15, 0.2) is 16.6 Å². The number of hydrogen-bond donors (Lipinski definition) is 1. The van der Waals surface area contributed by atoms with Crippen LogP contribution in [0.4, 0.5) is 5.69 Å². The average Bonchev–Trinajstić information content (AvgIpc) is 2.25. The minimum absolute atomic E-state index is 0.104. The zero-order valence-corrected chi connectivity index (χ0v) is 12.5. The number of carbonyl (C=O) groups excluding carboxylic acids is 1. The minimum Gasteiger partial charge on any atom is -0.384 e. The summed E-state index contributed by atoms with van der Waals surface area (Å²) in [7, 11) is 3.50. The second-order valence-electron chi connectivity index (χ2n) is 4.05. The lowest BCUT2D eigenvalue weighted by Gasteiger charge is -2.13. The van der Waals surface area contributed by atoms with Crippen LogP contribution in [-0.4, -0.2) is 31.4 Å². The van der Waals surface area contributed by atoms with E-state index in [1.54, 1.807) is 19.0 Å². The van der Waals surface area contributed by atoms with E-state index in [0.29, 0.717) is 13.0 Å². The molecule has 94 valence electrons. The molecule has 5 heteroatoms. The van der Waals surface area contributed by atoms with E-state index >= 15 is 0 Å². The van der Waals surface area contributed by atoms with Crippen LogP contribution in [0.1, 0.15) is 12.0 Å². The molecule has 1 aromatic rings. The van der Waals surface area contributed by atoms with E-state index < -0.39 is 0 Å². The molecule has 1 N–H and O–H groups in total. The molecular weight excluding hydrogens is 304 g/mol. The predicted octanol–water partition coefficient (Wildman–Crippen LogP) is 3.30. The van der Waals surface area contributed by atoms with Crippen LogP contribution in [0.5, 0.6) is 0 Å². The molecule has 0 spiro atoms. The summed E-state index contributed by atoms with van der Waals surface area (Å²) >= 11 is 9.50. The summed E-state index contributed by atoms with van der Waals surface area (Å²) in [5.41, 5.74) is 1.93. The van der Waals surface area contributed by atoms with Gasteiger partial charge in [-0.2, -0.15) is 0 Å². The van der Waals surface area contributed by atoms with Gasteiger partial charge in [0.15, 0.2) is 0 Å². The molecule has 1 rings (SSSR count). The number of amides is 1. The van der Waals surface area contributed by atoms with Gasteiger partial charge < -0.3 is 10.2 Å². The van der Waals surface area contributed by atoms with Gasteiger partial charge in [0.1, 0.15) is 0 Å². The SMILES string of the molecule is Cc1cc(Br)c(NCCC(=O)N(C)C)cc1Cl. The van der Waals surface area contributed by atoms with Crippen molar-refractivity contribution in [2.24, 2.45) is 0 Å². The number of aryl methyl sites for hydroxylation is 1. The number of hydrogen-bond acceptors (Lipinski definition) is 2. The van der Waals surface area contributed by atoms with Crippen molar-refractivity contribution in [3.05, 3.63) is 27.2 Å². The first kappa shape index (κ1) is 14.3. The number of carbonyl (C=O) groups is 1. The van der Waals surface area contributed by atoms with Gasteiger partial charge in [0, 0.05) is 42.2 Å². The number of halogens is 2. The summed E-state index contributed by atoms with van der Waals surface area (Å²) in [6, 6.07) is 3.82. The maximum atomic E-state index is 11.4. The summed E-state index contributed by atoms with van der Waals surface area (Å²) in [6.07, 6.45) is 0.463. The second kappa shape index (κ2) is 6.26. The Bertz CT molecular complexity index is 421. The standard InChI is InChI=1S/C12H16BrClN2O/c1-8-6-9(13)11(7-10(8)14)15-5-4-12(17)16(2)3/h6-7,15H,4-5H2,1-3H3. The predicted molar refractivity (Wildman–Crippen MR) is 75.7 cm³/mol. The molecule has 17 heavy (non-hydrogen) atoms. The molecule has 3 nitrogen and oxygen atoms in total. The highest BCUT2D eigenvalue weighted by molar-refractivity contribution is 9.10. The van der Waals surface area contributed by atoms with Crippen molar-refractivity contribution >= 4 is 39.1 Å². The molecule has 0 bridgehead atoms. The molecule has 1 amide bonds. The highest BCUT2D eigenvalue weighted by atomic mass is 79.9. The Morgan fingerprint density at radius 3 is 2.71 bits per heavy atom. The molecule has 0 fully saturated rings. The molecule has 0 saturated carbocycles. The Balaban J connectivity index is 2.58. The molecule has 0 aliphatic heterocycles. The molecule has 0 saturated heterocycles. The first-order chi connectivity index (χ1) is 7.91. The highest BCUT2D eigenvalue weighted by Gasteiger charge is 2.06. The average molecular weight is 320 g/mol. The fraction of sp³-hybridized carbons (Fsp3) is 0.417. The molecule has 0 unspecified atom stereocenters. The molecule has 0 atom stereocenters. The van der Waals surface area contributed by atoms with Gasteiger partial charge in [-0.1, -0.05) is 11.6 Å². The largest absolute Gasteiger partial charge is 0.384 e. The summed E-state index contributed by atoms with van der Waals surface area (Å²) in [6.45, 7) is 2.54. The Morgan fingerprint density at radius 2 is 2.12 bits per heavy atom. The number of rotatable bonds is 4. The minimum atomic E-state index is 0.104. The van der Waals surface area contributed by atoms with Crippen molar-refractivity contribution in [2.45, 2.75) is 13.3 Å². The normalized spacial score (nSPS) is 10.2. The lowest BCUT2D eigenvalue weighted by atomic mass is 10.2. The third kappa shape index (κ3) is 4.21. The Labute approximate surface area is 115 Å². The van der Waals surface area contributed by atoms with Gasteiger partial charge in [0.2, 0.25) is 5.91 Å². The lowest BCUT2D eigenvalue weighted by Crippen LogP contribution is -2.23. The number of benzene rings is 1. The summed E-state index contributed by atoms with van der Waals surface area (Å²) < 4.78 is 0.955. The van der Waals surface area contributed by atoms with E-state index in [1.807, 2.05) is 19.1 Å². The van der Waals surface area contributed by atoms with Crippen molar-refractivity contribution in [1.29, 1.82) is 0 Å². The summed E-state index contributed by atoms with van der Waals surface area (Å²) in [5, 5.41) is 3.91. The van der Waals surface area contributed by atoms with Crippen LogP contribution in [0.2, 0.25) is 5.02 Å². The van der Waals surface area contributed by atoms with E-state index in [4.69, 9.17) is 11.6 Å². The van der Waals surface area contributed by atoms with E-state index in [-0.39, 0.29) is 5.91 Å². The zero-order chi connectivity index (χ0) is 13.0. The Morgan fingerprint density at radius 1 is 1.47 bits per heavy atom. The van der Waals surface area contributed by atoms with Crippen LogP contribution in [0, 0.1) is 6.92 Å². The van der Waals surface area contributed by atoms with Crippen LogP contribution < -0.4 is 5.32 Å². The van der Waals surface area contributed by atoms with Crippen LogP contribution >= 0.6 is 27.5 Å². The number of anilines is 1. The number of nitrogens with zero attached hydrogens (tertiary/aromatic N) is 1. The van der Waals surface area contributed by atoms with E-state index in [0.717, 1.165) is 20.7 Å². The van der Waals surface area contributed by atoms with Crippen molar-refractivity contribution in [1.82, 2.24) is 4.90 Å². The van der Waals surface area contributed by atoms with Gasteiger partial charge in [-0.05, 0) is 40.5 Å². The Hall–Kier alpha value is -0.740. The summed E-state index contributed by atoms with van der Waals surface area (Å²) in [5.74, 6) is 0.104. The van der Waals surface area contributed by atoms with E-state index in [9.17, 15) is 4.79 Å². The monoisotopic (exact) mass is 318 g/mol. The van der Waals surface area contributed by atoms with Crippen molar-refractivity contribution in [3.63, 3.8) is 0 Å². The van der Waals surface area contributed by atoms with Gasteiger partial charge in [-0.3, -0.25) is 4.79 Å². The molecule has 0 radical (unpaired) electrons. The maximum Gasteiger partial charge on any atom is 0.223 e. The van der Waals surface area contributed by atoms with Gasteiger partial charge in [-0.25, -0.2) is 0 Å². The molecule has 1 aromatic carbocycles. The van der Waals surface area contributed by atoms with Crippen molar-refractivity contribution < 1.29 is 4.79 Å². The molecule has 0 heterocycles. The quantitative estimate of drug-likeness (QED) is 0.923. The topological polar surface area (TPSA) is 32.3 Å². The lowest BCUT2D eigenvalue weighted by molar-refractivity contribution is -0.128. The van der Waals surface area contributed by atoms with E-state index in [1.165, 1.54) is 0 Å². The van der Waals surface area contributed by atoms with Crippen molar-refractivity contribution in [2.75, 3.05) is 26.0 Å². The molecule has 0 aliphatic rings. The van der Waals surface area contributed by atoms with Crippen LogP contribution in [0.3, 0.4) is 0 Å². The van der Waals surface area contributed by atoms with Gasteiger partial charge >= 0.3 is 0 Å². The van der Waals surface area contributed by atoms with E-state index in [2.05, 4.69) is 21.2 Å². The smallest absolute Gasteiger partial charge is 0.223 e. The third-order valence-corrected chi connectivity index (χ3v) is 3.46. The molecular formula is C12H16BrClN2O. The zero-order valence-electron chi connectivity index (χ0n) is 10.2. The molecule has 0 aliphatic carbocycles. The Kier molecular flexibility index (Phi) is 5.28. The fourth-order valence-electron chi connectivity index (χ4n) is 1.31. The highest BCUT2D eigenvalue weighted by Crippen LogP contribution is 2.28. The third-order valence-electron chi connectivity index (χ3n) is 2.40. The summed E-state index contributed by atoms with van der Waals surface area (Å²) in [4.78, 5) is 13.0. The van der Waals surface area contributed by atoms with Gasteiger partial charge in [0.25, 0.3) is 0 Å². The maximum absolute atomic E-state index is 11.4. The fourth-order valence-corrected chi connectivity index (χ4v) is 2.07. The van der Waals surface area contributed by atoms with Crippen molar-refractivity contribution in [3.8, 4) is 0 Å². The second-order valence-corrected chi connectivity index (χ2v) is 5.31. The first-order valence-corrected chi connectivity index (χ1v) is 6.48.